The van der Waals surface area contributed by atoms with Gasteiger partial charge in [0.15, 0.2) is 17.5 Å². The molecular weight excluding hydrogens is 739 g/mol. The number of hydrogen-bond donors (Lipinski definition) is 0. The van der Waals surface area contributed by atoms with Gasteiger partial charge in [0, 0.05) is 22.1 Å². The van der Waals surface area contributed by atoms with Crippen LogP contribution in [0.3, 0.4) is 0 Å². The first-order valence-corrected chi connectivity index (χ1v) is 21.0. The van der Waals surface area contributed by atoms with Crippen LogP contribution in [-0.2, 0) is 5.41 Å². The van der Waals surface area contributed by atoms with Gasteiger partial charge >= 0.3 is 0 Å². The maximum absolute atomic E-state index is 5.04. The van der Waals surface area contributed by atoms with Crippen LogP contribution in [0.15, 0.2) is 200 Å². The van der Waals surface area contributed by atoms with E-state index < -0.39 is 0 Å². The second-order valence-electron chi connectivity index (χ2n) is 16.8. The number of benzene rings is 10. The van der Waals surface area contributed by atoms with E-state index >= 15 is 0 Å². The van der Waals surface area contributed by atoms with Crippen molar-refractivity contribution in [3.8, 4) is 78.7 Å². The van der Waals surface area contributed by atoms with Gasteiger partial charge in [0.2, 0.25) is 0 Å². The van der Waals surface area contributed by atoms with Crippen LogP contribution in [-0.4, -0.2) is 15.0 Å². The van der Waals surface area contributed by atoms with Crippen LogP contribution in [0.1, 0.15) is 25.0 Å². The predicted octanol–water partition coefficient (Wildman–Crippen LogP) is 15.1. The third-order valence-electron chi connectivity index (χ3n) is 12.9. The average Bonchev–Trinajstić information content (AvgIpc) is 3.55. The molecule has 1 aliphatic carbocycles. The molecule has 0 bridgehead atoms. The smallest absolute Gasteiger partial charge is 0.164 e. The Morgan fingerprint density at radius 1 is 0.295 bits per heavy atom. The minimum atomic E-state index is -0.172. The summed E-state index contributed by atoms with van der Waals surface area (Å²) in [5.74, 6) is 1.95. The Morgan fingerprint density at radius 2 is 0.689 bits per heavy atom. The van der Waals surface area contributed by atoms with Crippen molar-refractivity contribution in [3.05, 3.63) is 211 Å². The van der Waals surface area contributed by atoms with Crippen molar-refractivity contribution in [1.29, 1.82) is 0 Å². The number of nitrogens with zero attached hydrogens (tertiary/aromatic N) is 3. The zero-order valence-electron chi connectivity index (χ0n) is 33.9. The van der Waals surface area contributed by atoms with Crippen LogP contribution in [0.25, 0.3) is 111 Å². The summed E-state index contributed by atoms with van der Waals surface area (Å²) >= 11 is 0. The van der Waals surface area contributed by atoms with Gasteiger partial charge in [-0.1, -0.05) is 202 Å². The van der Waals surface area contributed by atoms with Crippen LogP contribution >= 0.6 is 0 Å². The van der Waals surface area contributed by atoms with E-state index in [1.807, 2.05) is 36.4 Å². The number of hydrogen-bond acceptors (Lipinski definition) is 3. The second kappa shape index (κ2) is 13.7. The lowest BCUT2D eigenvalue weighted by atomic mass is 9.80. The van der Waals surface area contributed by atoms with Gasteiger partial charge in [0.25, 0.3) is 0 Å². The minimum Gasteiger partial charge on any atom is -0.208 e. The van der Waals surface area contributed by atoms with E-state index in [0.717, 1.165) is 27.8 Å². The Kier molecular flexibility index (Phi) is 7.88. The number of rotatable bonds is 6. The molecular formula is C58H39N3. The molecule has 0 N–H and O–H groups in total. The summed E-state index contributed by atoms with van der Waals surface area (Å²) in [6.07, 6.45) is 0. The van der Waals surface area contributed by atoms with Crippen molar-refractivity contribution in [2.24, 2.45) is 0 Å². The summed E-state index contributed by atoms with van der Waals surface area (Å²) in [6, 6.07) is 72.1. The third-order valence-corrected chi connectivity index (χ3v) is 12.9. The van der Waals surface area contributed by atoms with Crippen molar-refractivity contribution in [2.75, 3.05) is 0 Å². The lowest BCUT2D eigenvalue weighted by Crippen LogP contribution is -2.15. The molecule has 0 atom stereocenters. The van der Waals surface area contributed by atoms with Gasteiger partial charge in [-0.15, -0.1) is 0 Å². The van der Waals surface area contributed by atoms with Gasteiger partial charge in [0.05, 0.1) is 0 Å². The van der Waals surface area contributed by atoms with Crippen molar-refractivity contribution in [2.45, 2.75) is 19.3 Å². The van der Waals surface area contributed by atoms with Gasteiger partial charge < -0.3 is 0 Å². The fourth-order valence-corrected chi connectivity index (χ4v) is 9.68. The summed E-state index contributed by atoms with van der Waals surface area (Å²) in [4.78, 5) is 15.0. The van der Waals surface area contributed by atoms with E-state index in [-0.39, 0.29) is 5.41 Å². The van der Waals surface area contributed by atoms with E-state index in [1.165, 1.54) is 76.8 Å². The standard InChI is InChI=1S/C58H39N3/c1-58(2)51-34-45(28-31-48(51)49-32-29-46(35-52(49)58)47-30-26-41-21-20-39-14-9-15-40-27-33-50(47)54(41)53(39)40)38-18-24-44(25-19-38)57-60-55(42-12-7-4-8-13-42)59-56(61-57)43-22-16-37(17-23-43)36-10-5-3-6-11-36/h3-35H,1-2H3. The van der Waals surface area contributed by atoms with Crippen molar-refractivity contribution >= 4 is 32.3 Å². The summed E-state index contributed by atoms with van der Waals surface area (Å²) in [7, 11) is 0. The first-order chi connectivity index (χ1) is 30.0. The fourth-order valence-electron chi connectivity index (χ4n) is 9.68. The van der Waals surface area contributed by atoms with Gasteiger partial charge in [-0.25, -0.2) is 15.0 Å². The average molecular weight is 778 g/mol. The van der Waals surface area contributed by atoms with Gasteiger partial charge in [-0.05, 0) is 100 Å². The molecule has 0 saturated heterocycles. The normalized spacial score (nSPS) is 12.9. The molecule has 1 heterocycles. The van der Waals surface area contributed by atoms with E-state index in [1.54, 1.807) is 0 Å². The molecule has 12 rings (SSSR count). The quantitative estimate of drug-likeness (QED) is 0.158. The predicted molar refractivity (Wildman–Crippen MR) is 254 cm³/mol. The monoisotopic (exact) mass is 777 g/mol. The highest BCUT2D eigenvalue weighted by atomic mass is 15.0. The lowest BCUT2D eigenvalue weighted by molar-refractivity contribution is 0.661. The highest BCUT2D eigenvalue weighted by Gasteiger charge is 2.36. The molecule has 3 heteroatoms. The zero-order chi connectivity index (χ0) is 40.7. The molecule has 286 valence electrons. The Bertz CT molecular complexity index is 3440. The molecule has 0 aliphatic heterocycles. The summed E-state index contributed by atoms with van der Waals surface area (Å²) in [5.41, 5.74) is 15.2. The summed E-state index contributed by atoms with van der Waals surface area (Å²) in [6.45, 7) is 4.74. The van der Waals surface area contributed by atoms with Crippen molar-refractivity contribution in [3.63, 3.8) is 0 Å². The molecule has 11 aromatic rings. The molecule has 0 amide bonds. The summed E-state index contributed by atoms with van der Waals surface area (Å²) in [5, 5.41) is 7.89. The molecule has 1 aromatic heterocycles. The Labute approximate surface area is 355 Å². The topological polar surface area (TPSA) is 38.7 Å². The van der Waals surface area contributed by atoms with E-state index in [2.05, 4.69) is 178 Å². The molecule has 0 spiro atoms. The first kappa shape index (κ1) is 35.2. The van der Waals surface area contributed by atoms with E-state index in [9.17, 15) is 0 Å². The maximum atomic E-state index is 5.04. The number of aromatic nitrogens is 3. The number of fused-ring (bicyclic) bond motifs is 3. The van der Waals surface area contributed by atoms with E-state index in [0.29, 0.717) is 17.5 Å². The lowest BCUT2D eigenvalue weighted by Gasteiger charge is -2.23. The Morgan fingerprint density at radius 3 is 1.28 bits per heavy atom. The van der Waals surface area contributed by atoms with Crippen LogP contribution < -0.4 is 0 Å². The van der Waals surface area contributed by atoms with Gasteiger partial charge in [0.1, 0.15) is 0 Å². The largest absolute Gasteiger partial charge is 0.208 e. The second-order valence-corrected chi connectivity index (χ2v) is 16.8. The molecule has 0 saturated carbocycles. The van der Waals surface area contributed by atoms with Crippen LogP contribution in [0, 0.1) is 0 Å². The molecule has 0 unspecified atom stereocenters. The fraction of sp³-hybridized carbons (Fsp3) is 0.0517. The Hall–Kier alpha value is -7.75. The van der Waals surface area contributed by atoms with Crippen molar-refractivity contribution in [1.82, 2.24) is 15.0 Å². The highest BCUT2D eigenvalue weighted by molar-refractivity contribution is 6.25. The highest BCUT2D eigenvalue weighted by Crippen LogP contribution is 2.51. The third kappa shape index (κ3) is 5.77. The SMILES string of the molecule is CC1(C)c2cc(-c3ccc(-c4nc(-c5ccccc5)nc(-c5ccc(-c6ccccc6)cc5)n4)cc3)ccc2-c2ccc(-c3ccc4ccc5cccc6ccc3c4c56)cc21. The minimum absolute atomic E-state index is 0.172. The van der Waals surface area contributed by atoms with Gasteiger partial charge in [-0.3, -0.25) is 0 Å². The van der Waals surface area contributed by atoms with E-state index in [4.69, 9.17) is 15.0 Å². The molecule has 10 aromatic carbocycles. The molecule has 0 radical (unpaired) electrons. The maximum Gasteiger partial charge on any atom is 0.164 e. The first-order valence-electron chi connectivity index (χ1n) is 21.0. The van der Waals surface area contributed by atoms with Crippen molar-refractivity contribution < 1.29 is 0 Å². The molecule has 1 aliphatic rings. The van der Waals surface area contributed by atoms with Crippen LogP contribution in [0.2, 0.25) is 0 Å². The molecule has 61 heavy (non-hydrogen) atoms. The van der Waals surface area contributed by atoms with Crippen LogP contribution in [0.5, 0.6) is 0 Å². The zero-order valence-corrected chi connectivity index (χ0v) is 33.9. The van der Waals surface area contributed by atoms with Crippen LogP contribution in [0.4, 0.5) is 0 Å². The molecule has 0 fully saturated rings. The Balaban J connectivity index is 0.876. The summed E-state index contributed by atoms with van der Waals surface area (Å²) < 4.78 is 0. The molecule has 3 nitrogen and oxygen atoms in total. The van der Waals surface area contributed by atoms with Gasteiger partial charge in [-0.2, -0.15) is 0 Å².